The molecule has 0 fully saturated rings. The lowest BCUT2D eigenvalue weighted by atomic mass is 10.1. The lowest BCUT2D eigenvalue weighted by Gasteiger charge is -1.96. The van der Waals surface area contributed by atoms with E-state index in [9.17, 15) is 0 Å². The summed E-state index contributed by atoms with van der Waals surface area (Å²) in [6, 6.07) is 3.91. The third-order valence-electron chi connectivity index (χ3n) is 1.51. The molecule has 0 saturated carbocycles. The van der Waals surface area contributed by atoms with Crippen LogP contribution in [0.5, 0.6) is 0 Å². The van der Waals surface area contributed by atoms with E-state index < -0.39 is 0 Å². The lowest BCUT2D eigenvalue weighted by molar-refractivity contribution is 0.913. The molecule has 0 aromatic carbocycles. The zero-order valence-corrected chi connectivity index (χ0v) is 6.67. The summed E-state index contributed by atoms with van der Waals surface area (Å²) in [5, 5.41) is 0. The Hall–Kier alpha value is -1.29. The molecule has 1 heteroatoms. The number of hydrogen-bond acceptors (Lipinski definition) is 1. The highest BCUT2D eigenvalue weighted by molar-refractivity contribution is 5.26. The van der Waals surface area contributed by atoms with E-state index in [1.807, 2.05) is 18.3 Å². The van der Waals surface area contributed by atoms with Crippen molar-refractivity contribution in [1.82, 2.24) is 4.98 Å². The second kappa shape index (κ2) is 3.78. The van der Waals surface area contributed by atoms with Gasteiger partial charge in [0.1, 0.15) is 5.69 Å². The molecule has 0 aliphatic heterocycles. The van der Waals surface area contributed by atoms with Crippen LogP contribution in [0.1, 0.15) is 24.6 Å². The van der Waals surface area contributed by atoms with E-state index in [-0.39, 0.29) is 0 Å². The second-order valence-corrected chi connectivity index (χ2v) is 2.45. The van der Waals surface area contributed by atoms with Crippen molar-refractivity contribution in [2.75, 3.05) is 0 Å². The van der Waals surface area contributed by atoms with Crippen molar-refractivity contribution >= 4 is 0 Å². The van der Waals surface area contributed by atoms with Gasteiger partial charge in [-0.25, -0.2) is 4.98 Å². The van der Waals surface area contributed by atoms with Crippen molar-refractivity contribution in [3.63, 3.8) is 0 Å². The first-order chi connectivity index (χ1) is 5.36. The van der Waals surface area contributed by atoms with Crippen LogP contribution >= 0.6 is 0 Å². The Morgan fingerprint density at radius 1 is 1.55 bits per heavy atom. The summed E-state index contributed by atoms with van der Waals surface area (Å²) >= 11 is 0. The number of terminal acetylenes is 1. The zero-order valence-electron chi connectivity index (χ0n) is 6.67. The molecule has 1 nitrogen and oxygen atoms in total. The van der Waals surface area contributed by atoms with Gasteiger partial charge in [0.05, 0.1) is 0 Å². The minimum absolute atomic E-state index is 0.713. The minimum Gasteiger partial charge on any atom is -0.248 e. The van der Waals surface area contributed by atoms with Gasteiger partial charge in [-0.05, 0) is 18.1 Å². The van der Waals surface area contributed by atoms with E-state index in [1.165, 1.54) is 5.56 Å². The molecule has 0 amide bonds. The van der Waals surface area contributed by atoms with Gasteiger partial charge in [0, 0.05) is 6.20 Å². The van der Waals surface area contributed by atoms with Gasteiger partial charge in [-0.1, -0.05) is 25.3 Å². The molecule has 0 aliphatic carbocycles. The van der Waals surface area contributed by atoms with Gasteiger partial charge >= 0.3 is 0 Å². The standard InChI is InChI=1S/C10H11N/c1-3-5-9-6-7-10(4-2)11-8-9/h2,6-8H,3,5H2,1H3. The molecule has 0 aliphatic rings. The molecule has 0 N–H and O–H groups in total. The van der Waals surface area contributed by atoms with E-state index in [1.54, 1.807) is 0 Å². The number of rotatable bonds is 2. The maximum Gasteiger partial charge on any atom is 0.112 e. The molecule has 0 bridgehead atoms. The average molecular weight is 145 g/mol. The van der Waals surface area contributed by atoms with Crippen LogP contribution in [0.25, 0.3) is 0 Å². The van der Waals surface area contributed by atoms with Gasteiger partial charge in [-0.3, -0.25) is 0 Å². The van der Waals surface area contributed by atoms with Gasteiger partial charge in [0.15, 0.2) is 0 Å². The molecule has 0 radical (unpaired) electrons. The van der Waals surface area contributed by atoms with Crippen LogP contribution in [0.4, 0.5) is 0 Å². The summed E-state index contributed by atoms with van der Waals surface area (Å²) < 4.78 is 0. The molecular weight excluding hydrogens is 134 g/mol. The van der Waals surface area contributed by atoms with Gasteiger partial charge in [-0.2, -0.15) is 0 Å². The molecule has 11 heavy (non-hydrogen) atoms. The third-order valence-corrected chi connectivity index (χ3v) is 1.51. The topological polar surface area (TPSA) is 12.9 Å². The van der Waals surface area contributed by atoms with Crippen molar-refractivity contribution in [2.45, 2.75) is 19.8 Å². The molecule has 0 saturated heterocycles. The summed E-state index contributed by atoms with van der Waals surface area (Å²) in [4.78, 5) is 4.08. The molecular formula is C10H11N. The fraction of sp³-hybridized carbons (Fsp3) is 0.300. The van der Waals surface area contributed by atoms with Crippen LogP contribution < -0.4 is 0 Å². The van der Waals surface area contributed by atoms with E-state index in [0.717, 1.165) is 12.8 Å². The quantitative estimate of drug-likeness (QED) is 0.580. The van der Waals surface area contributed by atoms with E-state index in [4.69, 9.17) is 6.42 Å². The summed E-state index contributed by atoms with van der Waals surface area (Å²) in [5.41, 5.74) is 1.97. The summed E-state index contributed by atoms with van der Waals surface area (Å²) in [7, 11) is 0. The van der Waals surface area contributed by atoms with E-state index in [2.05, 4.69) is 17.8 Å². The second-order valence-electron chi connectivity index (χ2n) is 2.45. The Bertz CT molecular complexity index is 253. The van der Waals surface area contributed by atoms with E-state index >= 15 is 0 Å². The SMILES string of the molecule is C#Cc1ccc(CCC)cn1. The highest BCUT2D eigenvalue weighted by Gasteiger charge is 1.90. The maximum absolute atomic E-state index is 5.16. The highest BCUT2D eigenvalue weighted by atomic mass is 14.7. The Morgan fingerprint density at radius 2 is 2.36 bits per heavy atom. The molecule has 1 heterocycles. The molecule has 0 atom stereocenters. The Balaban J connectivity index is 2.76. The van der Waals surface area contributed by atoms with Crippen molar-refractivity contribution in [2.24, 2.45) is 0 Å². The Kier molecular flexibility index (Phi) is 2.68. The number of pyridine rings is 1. The van der Waals surface area contributed by atoms with Gasteiger partial charge < -0.3 is 0 Å². The number of aryl methyl sites for hydroxylation is 1. The largest absolute Gasteiger partial charge is 0.248 e. The maximum atomic E-state index is 5.16. The molecule has 56 valence electrons. The normalized spacial score (nSPS) is 9.09. The van der Waals surface area contributed by atoms with Crippen molar-refractivity contribution in [1.29, 1.82) is 0 Å². The molecule has 1 aromatic rings. The first-order valence-electron chi connectivity index (χ1n) is 3.78. The van der Waals surface area contributed by atoms with Crippen LogP contribution in [-0.4, -0.2) is 4.98 Å². The summed E-state index contributed by atoms with van der Waals surface area (Å²) in [6.07, 6.45) is 9.24. The summed E-state index contributed by atoms with van der Waals surface area (Å²) in [6.45, 7) is 2.15. The first kappa shape index (κ1) is 7.81. The fourth-order valence-electron chi connectivity index (χ4n) is 0.946. The van der Waals surface area contributed by atoms with Gasteiger partial charge in [-0.15, -0.1) is 6.42 Å². The van der Waals surface area contributed by atoms with Crippen molar-refractivity contribution in [3.05, 3.63) is 29.6 Å². The predicted molar refractivity (Wildman–Crippen MR) is 46.2 cm³/mol. The molecule has 0 spiro atoms. The van der Waals surface area contributed by atoms with Gasteiger partial charge in [0.25, 0.3) is 0 Å². The molecule has 1 rings (SSSR count). The van der Waals surface area contributed by atoms with Crippen molar-refractivity contribution < 1.29 is 0 Å². The predicted octanol–water partition coefficient (Wildman–Crippen LogP) is 2.02. The number of nitrogens with zero attached hydrogens (tertiary/aromatic N) is 1. The van der Waals surface area contributed by atoms with Crippen LogP contribution in [0, 0.1) is 12.3 Å². The smallest absolute Gasteiger partial charge is 0.112 e. The third kappa shape index (κ3) is 2.09. The fourth-order valence-corrected chi connectivity index (χ4v) is 0.946. The number of hydrogen-bond donors (Lipinski definition) is 0. The van der Waals surface area contributed by atoms with Gasteiger partial charge in [0.2, 0.25) is 0 Å². The Morgan fingerprint density at radius 3 is 2.82 bits per heavy atom. The van der Waals surface area contributed by atoms with Crippen LogP contribution in [-0.2, 0) is 6.42 Å². The van der Waals surface area contributed by atoms with Crippen molar-refractivity contribution in [3.8, 4) is 12.3 Å². The zero-order chi connectivity index (χ0) is 8.10. The lowest BCUT2D eigenvalue weighted by Crippen LogP contribution is -1.86. The highest BCUT2D eigenvalue weighted by Crippen LogP contribution is 2.01. The van der Waals surface area contributed by atoms with Crippen LogP contribution in [0.2, 0.25) is 0 Å². The molecule has 1 aromatic heterocycles. The molecule has 0 unspecified atom stereocenters. The Labute approximate surface area is 67.5 Å². The monoisotopic (exact) mass is 145 g/mol. The number of aromatic nitrogens is 1. The summed E-state index contributed by atoms with van der Waals surface area (Å²) in [5.74, 6) is 2.49. The van der Waals surface area contributed by atoms with Crippen LogP contribution in [0.15, 0.2) is 18.3 Å². The van der Waals surface area contributed by atoms with Crippen LogP contribution in [0.3, 0.4) is 0 Å². The minimum atomic E-state index is 0.713. The first-order valence-corrected chi connectivity index (χ1v) is 3.78. The van der Waals surface area contributed by atoms with E-state index in [0.29, 0.717) is 5.69 Å². The average Bonchev–Trinajstić information content (AvgIpc) is 2.07.